The van der Waals surface area contributed by atoms with Crippen molar-refractivity contribution >= 4 is 28.1 Å². The molecular formula is C23H24FN3O5S. The summed E-state index contributed by atoms with van der Waals surface area (Å²) in [5.74, 6) is -0.516. The van der Waals surface area contributed by atoms with Crippen molar-refractivity contribution in [2.24, 2.45) is 5.92 Å². The van der Waals surface area contributed by atoms with Gasteiger partial charge in [-0.3, -0.25) is 4.79 Å². The number of carbonyl (C=O) groups excluding carboxylic acids is 1. The minimum absolute atomic E-state index is 0.0140. The van der Waals surface area contributed by atoms with Crippen molar-refractivity contribution in [3.63, 3.8) is 0 Å². The number of nitrogens with zero attached hydrogens (tertiary/aromatic N) is 2. The molecule has 2 aromatic heterocycles. The number of piperidine rings is 1. The molecule has 0 unspecified atom stereocenters. The van der Waals surface area contributed by atoms with Gasteiger partial charge >= 0.3 is 0 Å². The Balaban J connectivity index is 1.51. The van der Waals surface area contributed by atoms with Gasteiger partial charge in [0.1, 0.15) is 17.3 Å². The first-order chi connectivity index (χ1) is 15.9. The van der Waals surface area contributed by atoms with Gasteiger partial charge in [-0.25, -0.2) is 12.8 Å². The molecule has 3 heterocycles. The first-order valence-corrected chi connectivity index (χ1v) is 12.0. The second kappa shape index (κ2) is 9.72. The van der Waals surface area contributed by atoms with Crippen molar-refractivity contribution in [2.75, 3.05) is 13.1 Å². The van der Waals surface area contributed by atoms with E-state index in [2.05, 4.69) is 10.5 Å². The van der Waals surface area contributed by atoms with E-state index in [1.165, 1.54) is 35.7 Å². The minimum atomic E-state index is -3.99. The number of sulfonamides is 1. The highest BCUT2D eigenvalue weighted by Gasteiger charge is 2.36. The first-order valence-electron chi connectivity index (χ1n) is 10.6. The van der Waals surface area contributed by atoms with Crippen LogP contribution in [0.2, 0.25) is 0 Å². The normalized spacial score (nSPS) is 17.5. The van der Waals surface area contributed by atoms with Gasteiger partial charge in [0, 0.05) is 18.7 Å². The summed E-state index contributed by atoms with van der Waals surface area (Å²) in [6.45, 7) is 2.11. The highest BCUT2D eigenvalue weighted by Crippen LogP contribution is 2.29. The van der Waals surface area contributed by atoms with Crippen LogP contribution in [0.5, 0.6) is 0 Å². The number of rotatable bonds is 7. The molecule has 33 heavy (non-hydrogen) atoms. The van der Waals surface area contributed by atoms with Crippen molar-refractivity contribution in [2.45, 2.75) is 31.2 Å². The molecule has 1 aromatic carbocycles. The van der Waals surface area contributed by atoms with Crippen LogP contribution in [0.15, 0.2) is 56.5 Å². The molecular weight excluding hydrogens is 449 g/mol. The summed E-state index contributed by atoms with van der Waals surface area (Å²) in [6.07, 6.45) is 5.48. The summed E-state index contributed by atoms with van der Waals surface area (Å²) in [5, 5.41) is 6.61. The Morgan fingerprint density at radius 1 is 1.27 bits per heavy atom. The van der Waals surface area contributed by atoms with Crippen LogP contribution in [0.3, 0.4) is 0 Å². The molecule has 0 bridgehead atoms. The van der Waals surface area contributed by atoms with E-state index in [1.54, 1.807) is 30.3 Å². The predicted octanol–water partition coefficient (Wildman–Crippen LogP) is 3.60. The number of benzene rings is 1. The molecule has 8 nitrogen and oxygen atoms in total. The maximum Gasteiger partial charge on any atom is 0.248 e. The van der Waals surface area contributed by atoms with Gasteiger partial charge in [0.25, 0.3) is 0 Å². The lowest BCUT2D eigenvalue weighted by atomic mass is 9.99. The summed E-state index contributed by atoms with van der Waals surface area (Å²) in [7, 11) is -3.99. The zero-order valence-corrected chi connectivity index (χ0v) is 18.8. The van der Waals surface area contributed by atoms with Crippen molar-refractivity contribution in [1.29, 1.82) is 0 Å². The van der Waals surface area contributed by atoms with Gasteiger partial charge in [-0.1, -0.05) is 23.4 Å². The molecule has 174 valence electrons. The van der Waals surface area contributed by atoms with Gasteiger partial charge in [0.05, 0.1) is 18.7 Å². The molecule has 10 heteroatoms. The van der Waals surface area contributed by atoms with E-state index >= 15 is 0 Å². The fourth-order valence-corrected chi connectivity index (χ4v) is 5.58. The third-order valence-corrected chi connectivity index (χ3v) is 7.55. The number of hydrogen-bond acceptors (Lipinski definition) is 6. The molecule has 0 saturated carbocycles. The highest BCUT2D eigenvalue weighted by atomic mass is 32.2. The van der Waals surface area contributed by atoms with Crippen molar-refractivity contribution < 1.29 is 26.5 Å². The van der Waals surface area contributed by atoms with Crippen molar-refractivity contribution in [3.8, 4) is 0 Å². The van der Waals surface area contributed by atoms with E-state index in [9.17, 15) is 17.6 Å². The largest absolute Gasteiger partial charge is 0.467 e. The molecule has 0 spiro atoms. The maximum atomic E-state index is 13.9. The lowest BCUT2D eigenvalue weighted by Crippen LogP contribution is -2.45. The summed E-state index contributed by atoms with van der Waals surface area (Å²) < 4.78 is 52.6. The van der Waals surface area contributed by atoms with Crippen LogP contribution in [0.1, 0.15) is 35.6 Å². The number of halogens is 1. The Hall–Kier alpha value is -3.24. The van der Waals surface area contributed by atoms with Crippen LogP contribution in [0.25, 0.3) is 12.2 Å². The monoisotopic (exact) mass is 473 g/mol. The van der Waals surface area contributed by atoms with E-state index in [1.807, 2.05) is 0 Å². The third-order valence-electron chi connectivity index (χ3n) is 5.52. The Morgan fingerprint density at radius 2 is 2.09 bits per heavy atom. The van der Waals surface area contributed by atoms with Crippen molar-refractivity contribution in [3.05, 3.63) is 71.3 Å². The van der Waals surface area contributed by atoms with E-state index in [0.717, 1.165) is 0 Å². The number of amides is 1. The lowest BCUT2D eigenvalue weighted by molar-refractivity contribution is -0.126. The average Bonchev–Trinajstić information content (AvgIpc) is 3.47. The van der Waals surface area contributed by atoms with Gasteiger partial charge < -0.3 is 14.3 Å². The quantitative estimate of drug-likeness (QED) is 0.562. The van der Waals surface area contributed by atoms with Gasteiger partial charge in [-0.15, -0.1) is 0 Å². The molecule has 1 atom stereocenters. The summed E-state index contributed by atoms with van der Waals surface area (Å²) >= 11 is 0. The number of aromatic nitrogens is 1. The standard InChI is InChI=1S/C23H24FN3O5S/c1-16-22(21(32-26-16)11-10-17-6-2-3-9-20(17)24)33(29,30)27-12-4-7-18(15-27)23(28)25-14-19-8-5-13-31-19/h2-3,5-6,8-11,13,18H,4,7,12,14-15H2,1H3,(H,25,28)/b11-10+/t18-/m1/s1. The second-order valence-corrected chi connectivity index (χ2v) is 9.69. The maximum absolute atomic E-state index is 13.9. The number of aryl methyl sites for hydroxylation is 1. The smallest absolute Gasteiger partial charge is 0.248 e. The lowest BCUT2D eigenvalue weighted by Gasteiger charge is -2.31. The van der Waals surface area contributed by atoms with Crippen LogP contribution in [-0.2, 0) is 21.4 Å². The van der Waals surface area contributed by atoms with E-state index in [-0.39, 0.29) is 41.9 Å². The zero-order valence-electron chi connectivity index (χ0n) is 18.0. The van der Waals surface area contributed by atoms with E-state index < -0.39 is 21.8 Å². The van der Waals surface area contributed by atoms with Crippen LogP contribution < -0.4 is 5.32 Å². The molecule has 1 N–H and O–H groups in total. The van der Waals surface area contributed by atoms with Gasteiger partial charge in [0.15, 0.2) is 10.7 Å². The SMILES string of the molecule is Cc1noc(/C=C/c2ccccc2F)c1S(=O)(=O)N1CCC[C@@H](C(=O)NCc2ccco2)C1. The number of nitrogens with one attached hydrogen (secondary N) is 1. The van der Waals surface area contributed by atoms with Gasteiger partial charge in [-0.2, -0.15) is 4.31 Å². The molecule has 1 aliphatic heterocycles. The van der Waals surface area contributed by atoms with Crippen LogP contribution in [0.4, 0.5) is 4.39 Å². The zero-order chi connectivity index (χ0) is 23.4. The molecule has 1 fully saturated rings. The molecule has 0 aliphatic carbocycles. The van der Waals surface area contributed by atoms with Crippen LogP contribution in [-0.4, -0.2) is 36.9 Å². The van der Waals surface area contributed by atoms with E-state index in [4.69, 9.17) is 8.94 Å². The van der Waals surface area contributed by atoms with Gasteiger partial charge in [0.2, 0.25) is 15.9 Å². The highest BCUT2D eigenvalue weighted by molar-refractivity contribution is 7.89. The predicted molar refractivity (Wildman–Crippen MR) is 119 cm³/mol. The Morgan fingerprint density at radius 3 is 2.85 bits per heavy atom. The molecule has 1 amide bonds. The van der Waals surface area contributed by atoms with Gasteiger partial charge in [-0.05, 0) is 50.1 Å². The molecule has 0 radical (unpaired) electrons. The van der Waals surface area contributed by atoms with Crippen molar-refractivity contribution in [1.82, 2.24) is 14.8 Å². The topological polar surface area (TPSA) is 106 Å². The molecule has 1 aliphatic rings. The third kappa shape index (κ3) is 5.07. The number of furan rings is 1. The van der Waals surface area contributed by atoms with Crippen LogP contribution >= 0.6 is 0 Å². The Bertz CT molecular complexity index is 1250. The number of carbonyl (C=O) groups is 1. The molecule has 3 aromatic rings. The summed E-state index contributed by atoms with van der Waals surface area (Å²) in [4.78, 5) is 12.5. The Labute approximate surface area is 191 Å². The minimum Gasteiger partial charge on any atom is -0.467 e. The fraction of sp³-hybridized carbons (Fsp3) is 0.304. The summed E-state index contributed by atoms with van der Waals surface area (Å²) in [6, 6.07) is 9.61. The Kier molecular flexibility index (Phi) is 6.75. The second-order valence-electron chi connectivity index (χ2n) is 7.82. The first kappa shape index (κ1) is 22.9. The summed E-state index contributed by atoms with van der Waals surface area (Å²) in [5.41, 5.74) is 0.494. The average molecular weight is 474 g/mol. The number of hydrogen-bond donors (Lipinski definition) is 1. The fourth-order valence-electron chi connectivity index (χ4n) is 3.81. The molecule has 4 rings (SSSR count). The molecule has 1 saturated heterocycles. The van der Waals surface area contributed by atoms with Crippen LogP contribution in [0, 0.1) is 18.7 Å². The van der Waals surface area contributed by atoms with E-state index in [0.29, 0.717) is 24.2 Å².